The van der Waals surface area contributed by atoms with Crippen molar-refractivity contribution in [3.05, 3.63) is 200 Å². The summed E-state index contributed by atoms with van der Waals surface area (Å²) in [5, 5.41) is 5.54. The molecule has 0 bridgehead atoms. The van der Waals surface area contributed by atoms with E-state index in [0.717, 1.165) is 77.5 Å². The van der Waals surface area contributed by atoms with Gasteiger partial charge in [-0.3, -0.25) is 0 Å². The SMILES string of the molecule is c1ccc(-c2nc(-c3ccccc3)nc(-c3ccc4ccc5c(-c6ccccc6)nc6cc(N(c7ccccc7)c7ccccc7)ccc6c5c4c3)n2)cc1. The minimum absolute atomic E-state index is 0.622. The van der Waals surface area contributed by atoms with Crippen LogP contribution >= 0.6 is 0 Å². The average molecular weight is 704 g/mol. The second-order valence-electron chi connectivity index (χ2n) is 13.5. The first-order valence-electron chi connectivity index (χ1n) is 18.4. The number of fused-ring (bicyclic) bond motifs is 5. The number of hydrogen-bond donors (Lipinski definition) is 0. The Morgan fingerprint density at radius 1 is 0.309 bits per heavy atom. The van der Waals surface area contributed by atoms with E-state index in [0.29, 0.717) is 17.5 Å². The van der Waals surface area contributed by atoms with Crippen LogP contribution in [0.3, 0.4) is 0 Å². The molecule has 55 heavy (non-hydrogen) atoms. The number of pyridine rings is 1. The van der Waals surface area contributed by atoms with Crippen molar-refractivity contribution >= 4 is 49.5 Å². The fraction of sp³-hybridized carbons (Fsp3) is 0. The smallest absolute Gasteiger partial charge is 0.164 e. The summed E-state index contributed by atoms with van der Waals surface area (Å²) in [7, 11) is 0. The molecule has 0 saturated heterocycles. The van der Waals surface area contributed by atoms with Crippen molar-refractivity contribution in [3.63, 3.8) is 0 Å². The first-order valence-corrected chi connectivity index (χ1v) is 18.4. The quantitative estimate of drug-likeness (QED) is 0.155. The number of aromatic nitrogens is 4. The van der Waals surface area contributed by atoms with Crippen LogP contribution in [0.1, 0.15) is 0 Å². The highest BCUT2D eigenvalue weighted by Crippen LogP contribution is 2.41. The van der Waals surface area contributed by atoms with E-state index < -0.39 is 0 Å². The van der Waals surface area contributed by atoms with Gasteiger partial charge in [-0.25, -0.2) is 19.9 Å². The molecule has 2 aromatic heterocycles. The van der Waals surface area contributed by atoms with Crippen molar-refractivity contribution in [3.8, 4) is 45.4 Å². The van der Waals surface area contributed by atoms with Gasteiger partial charge in [0.1, 0.15) is 0 Å². The molecule has 0 unspecified atom stereocenters. The van der Waals surface area contributed by atoms with Crippen LogP contribution < -0.4 is 4.90 Å². The lowest BCUT2D eigenvalue weighted by molar-refractivity contribution is 1.07. The molecule has 0 fully saturated rings. The number of para-hydroxylation sites is 2. The molecule has 5 nitrogen and oxygen atoms in total. The molecule has 0 radical (unpaired) electrons. The van der Waals surface area contributed by atoms with Gasteiger partial charge >= 0.3 is 0 Å². The van der Waals surface area contributed by atoms with Crippen molar-refractivity contribution in [1.29, 1.82) is 0 Å². The molecule has 8 aromatic carbocycles. The average Bonchev–Trinajstić information content (AvgIpc) is 3.27. The molecule has 2 heterocycles. The summed E-state index contributed by atoms with van der Waals surface area (Å²) in [6.45, 7) is 0. The molecule has 0 aliphatic carbocycles. The Hall–Kier alpha value is -7.50. The molecule has 0 atom stereocenters. The predicted molar refractivity (Wildman–Crippen MR) is 227 cm³/mol. The Bertz CT molecular complexity index is 2860. The minimum atomic E-state index is 0.622. The zero-order valence-electron chi connectivity index (χ0n) is 29.8. The van der Waals surface area contributed by atoms with Crippen LogP contribution in [0.25, 0.3) is 77.9 Å². The summed E-state index contributed by atoms with van der Waals surface area (Å²) in [6.07, 6.45) is 0. The fourth-order valence-electron chi connectivity index (χ4n) is 7.45. The van der Waals surface area contributed by atoms with Gasteiger partial charge in [0.25, 0.3) is 0 Å². The maximum atomic E-state index is 5.42. The van der Waals surface area contributed by atoms with Crippen molar-refractivity contribution < 1.29 is 0 Å². The van der Waals surface area contributed by atoms with Crippen LogP contribution in [-0.2, 0) is 0 Å². The number of hydrogen-bond acceptors (Lipinski definition) is 5. The summed E-state index contributed by atoms with van der Waals surface area (Å²) in [4.78, 5) is 22.8. The van der Waals surface area contributed by atoms with Gasteiger partial charge in [-0.15, -0.1) is 0 Å². The highest BCUT2D eigenvalue weighted by atomic mass is 15.1. The summed E-state index contributed by atoms with van der Waals surface area (Å²) in [5.74, 6) is 1.90. The zero-order valence-corrected chi connectivity index (χ0v) is 29.8. The van der Waals surface area contributed by atoms with Gasteiger partial charge in [0.15, 0.2) is 17.5 Å². The Morgan fingerprint density at radius 3 is 1.35 bits per heavy atom. The fourth-order valence-corrected chi connectivity index (χ4v) is 7.45. The molecule has 5 heteroatoms. The van der Waals surface area contributed by atoms with Gasteiger partial charge in [-0.05, 0) is 53.2 Å². The van der Waals surface area contributed by atoms with Crippen LogP contribution in [0.5, 0.6) is 0 Å². The zero-order chi connectivity index (χ0) is 36.6. The molecule has 0 saturated carbocycles. The molecule has 258 valence electrons. The third-order valence-electron chi connectivity index (χ3n) is 10.1. The van der Waals surface area contributed by atoms with Crippen molar-refractivity contribution in [2.75, 3.05) is 4.90 Å². The first-order chi connectivity index (χ1) is 27.3. The van der Waals surface area contributed by atoms with Crippen LogP contribution in [0.15, 0.2) is 200 Å². The lowest BCUT2D eigenvalue weighted by atomic mass is 9.94. The van der Waals surface area contributed by atoms with E-state index in [4.69, 9.17) is 19.9 Å². The number of benzene rings is 8. The largest absolute Gasteiger partial charge is 0.310 e. The Labute approximate surface area is 318 Å². The normalized spacial score (nSPS) is 11.3. The van der Waals surface area contributed by atoms with E-state index in [1.54, 1.807) is 0 Å². The maximum Gasteiger partial charge on any atom is 0.164 e. The van der Waals surface area contributed by atoms with E-state index in [2.05, 4.69) is 126 Å². The lowest BCUT2D eigenvalue weighted by Gasteiger charge is -2.26. The van der Waals surface area contributed by atoms with Gasteiger partial charge in [-0.1, -0.05) is 158 Å². The molecular formula is C50H33N5. The first kappa shape index (κ1) is 32.2. The van der Waals surface area contributed by atoms with Gasteiger partial charge in [-0.2, -0.15) is 0 Å². The third kappa shape index (κ3) is 6.04. The summed E-state index contributed by atoms with van der Waals surface area (Å²) in [5.41, 5.74) is 8.90. The van der Waals surface area contributed by atoms with E-state index >= 15 is 0 Å². The maximum absolute atomic E-state index is 5.42. The van der Waals surface area contributed by atoms with E-state index in [-0.39, 0.29) is 0 Å². The van der Waals surface area contributed by atoms with Gasteiger partial charge < -0.3 is 4.90 Å². The van der Waals surface area contributed by atoms with Crippen LogP contribution in [-0.4, -0.2) is 19.9 Å². The Balaban J connectivity index is 1.22. The molecule has 10 aromatic rings. The molecule has 0 aliphatic rings. The Kier molecular flexibility index (Phi) is 8.08. The van der Waals surface area contributed by atoms with E-state index in [1.807, 2.05) is 78.9 Å². The lowest BCUT2D eigenvalue weighted by Crippen LogP contribution is -2.09. The van der Waals surface area contributed by atoms with Crippen LogP contribution in [0.2, 0.25) is 0 Å². The summed E-state index contributed by atoms with van der Waals surface area (Å²) >= 11 is 0. The standard InChI is InChI=1S/C50H33N5/c1-6-16-35(17-7-1)47-43-30-28-34-26-27-38(50-53-48(36-18-8-2-9-19-36)52-49(54-50)37-20-10-3-11-21-37)32-44(34)46(43)42-31-29-41(33-45(42)51-47)55(39-22-12-4-13-23-39)40-24-14-5-15-25-40/h1-33H. The summed E-state index contributed by atoms with van der Waals surface area (Å²) < 4.78 is 0. The van der Waals surface area contributed by atoms with Gasteiger partial charge in [0.05, 0.1) is 11.2 Å². The minimum Gasteiger partial charge on any atom is -0.310 e. The molecule has 0 amide bonds. The highest BCUT2D eigenvalue weighted by molar-refractivity contribution is 6.23. The highest BCUT2D eigenvalue weighted by Gasteiger charge is 2.19. The van der Waals surface area contributed by atoms with E-state index in [1.165, 1.54) is 0 Å². The number of nitrogens with zero attached hydrogens (tertiary/aromatic N) is 5. The van der Waals surface area contributed by atoms with Crippen LogP contribution in [0.4, 0.5) is 17.1 Å². The van der Waals surface area contributed by atoms with Crippen molar-refractivity contribution in [1.82, 2.24) is 19.9 Å². The molecular weight excluding hydrogens is 671 g/mol. The summed E-state index contributed by atoms with van der Waals surface area (Å²) in [6, 6.07) is 69.2. The molecule has 0 N–H and O–H groups in total. The Morgan fingerprint density at radius 2 is 0.782 bits per heavy atom. The molecule has 0 aliphatic heterocycles. The second kappa shape index (κ2) is 13.8. The third-order valence-corrected chi connectivity index (χ3v) is 10.1. The van der Waals surface area contributed by atoms with Gasteiger partial charge in [0, 0.05) is 55.5 Å². The topological polar surface area (TPSA) is 54.8 Å². The predicted octanol–water partition coefficient (Wildman–Crippen LogP) is 12.9. The molecule has 10 rings (SSSR count). The van der Waals surface area contributed by atoms with Gasteiger partial charge in [0.2, 0.25) is 0 Å². The second-order valence-corrected chi connectivity index (χ2v) is 13.5. The van der Waals surface area contributed by atoms with Crippen molar-refractivity contribution in [2.45, 2.75) is 0 Å². The van der Waals surface area contributed by atoms with E-state index in [9.17, 15) is 0 Å². The monoisotopic (exact) mass is 703 g/mol. The van der Waals surface area contributed by atoms with Crippen molar-refractivity contribution in [2.24, 2.45) is 0 Å². The van der Waals surface area contributed by atoms with Crippen LogP contribution in [0, 0.1) is 0 Å². The molecule has 0 spiro atoms. The number of anilines is 3. The number of rotatable bonds is 7.